The van der Waals surface area contributed by atoms with Crippen LogP contribution in [0.1, 0.15) is 111 Å². The van der Waals surface area contributed by atoms with Crippen molar-refractivity contribution in [2.45, 2.75) is 116 Å². The molecule has 138 valence electrons. The number of hydrogen-bond donors (Lipinski definition) is 0. The molecular formula is C21H41IS. The standard InChI is InChI=1S/C21H41IS/c1-4-5-13-19(3)21(23-22)17-20-14-11-9-7-6-8-10-12-18(2)15-16-20/h18-21H,4-17H2,1-3H3/t18?,19-,20?,21+/m0/s1. The zero-order chi connectivity index (χ0) is 16.9. The van der Waals surface area contributed by atoms with E-state index in [0.29, 0.717) is 0 Å². The van der Waals surface area contributed by atoms with Gasteiger partial charge < -0.3 is 0 Å². The number of rotatable bonds is 7. The van der Waals surface area contributed by atoms with E-state index in [2.05, 4.69) is 50.9 Å². The van der Waals surface area contributed by atoms with E-state index in [1.54, 1.807) is 0 Å². The summed E-state index contributed by atoms with van der Waals surface area (Å²) in [4.78, 5) is 0. The van der Waals surface area contributed by atoms with Gasteiger partial charge in [-0.3, -0.25) is 0 Å². The third kappa shape index (κ3) is 10.6. The van der Waals surface area contributed by atoms with E-state index in [9.17, 15) is 0 Å². The van der Waals surface area contributed by atoms with E-state index in [4.69, 9.17) is 0 Å². The molecule has 2 unspecified atom stereocenters. The Bertz CT molecular complexity index is 269. The first-order valence-corrected chi connectivity index (χ1v) is 13.9. The second-order valence-corrected chi connectivity index (χ2v) is 10.5. The predicted octanol–water partition coefficient (Wildman–Crippen LogP) is 8.82. The lowest BCUT2D eigenvalue weighted by Crippen LogP contribution is -2.19. The van der Waals surface area contributed by atoms with Gasteiger partial charge in [0.1, 0.15) is 0 Å². The van der Waals surface area contributed by atoms with Crippen molar-refractivity contribution in [1.29, 1.82) is 0 Å². The van der Waals surface area contributed by atoms with E-state index in [1.165, 1.54) is 89.9 Å². The van der Waals surface area contributed by atoms with E-state index >= 15 is 0 Å². The third-order valence-corrected chi connectivity index (χ3v) is 8.80. The summed E-state index contributed by atoms with van der Waals surface area (Å²) in [6, 6.07) is 0. The van der Waals surface area contributed by atoms with Crippen molar-refractivity contribution in [2.75, 3.05) is 0 Å². The minimum Gasteiger partial charge on any atom is -0.0857 e. The molecule has 4 atom stereocenters. The second-order valence-electron chi connectivity index (χ2n) is 8.23. The van der Waals surface area contributed by atoms with Crippen molar-refractivity contribution in [2.24, 2.45) is 17.8 Å². The summed E-state index contributed by atoms with van der Waals surface area (Å²) < 4.78 is 0. The molecule has 1 aliphatic rings. The van der Waals surface area contributed by atoms with Crippen LogP contribution in [-0.2, 0) is 0 Å². The molecule has 0 amide bonds. The lowest BCUT2D eigenvalue weighted by atomic mass is 9.84. The van der Waals surface area contributed by atoms with Crippen LogP contribution in [0.4, 0.5) is 0 Å². The highest BCUT2D eigenvalue weighted by atomic mass is 127. The molecule has 0 spiro atoms. The van der Waals surface area contributed by atoms with Crippen LogP contribution in [0.15, 0.2) is 0 Å². The van der Waals surface area contributed by atoms with Crippen molar-refractivity contribution in [3.63, 3.8) is 0 Å². The Labute approximate surface area is 163 Å². The molecule has 1 fully saturated rings. The van der Waals surface area contributed by atoms with Crippen LogP contribution in [0.5, 0.6) is 0 Å². The van der Waals surface area contributed by atoms with Gasteiger partial charge in [-0.05, 0) is 51.8 Å². The zero-order valence-electron chi connectivity index (χ0n) is 16.0. The fourth-order valence-corrected chi connectivity index (χ4v) is 6.86. The van der Waals surface area contributed by atoms with Crippen LogP contribution in [0.2, 0.25) is 0 Å². The molecule has 0 aromatic heterocycles. The van der Waals surface area contributed by atoms with Gasteiger partial charge in [0.25, 0.3) is 0 Å². The van der Waals surface area contributed by atoms with Crippen LogP contribution in [0.3, 0.4) is 0 Å². The van der Waals surface area contributed by atoms with Gasteiger partial charge in [-0.25, -0.2) is 0 Å². The van der Waals surface area contributed by atoms with E-state index in [-0.39, 0.29) is 0 Å². The van der Waals surface area contributed by atoms with Crippen LogP contribution in [0, 0.1) is 17.8 Å². The summed E-state index contributed by atoms with van der Waals surface area (Å²) in [5.41, 5.74) is 0. The van der Waals surface area contributed by atoms with Crippen LogP contribution >= 0.6 is 30.1 Å². The maximum absolute atomic E-state index is 2.58. The average Bonchev–Trinajstić information content (AvgIpc) is 2.55. The van der Waals surface area contributed by atoms with Crippen molar-refractivity contribution >= 4 is 30.1 Å². The Morgan fingerprint density at radius 3 is 2.26 bits per heavy atom. The minimum atomic E-state index is 0.885. The van der Waals surface area contributed by atoms with Crippen molar-refractivity contribution < 1.29 is 0 Å². The molecule has 0 aromatic rings. The largest absolute Gasteiger partial charge is 0.0857 e. The lowest BCUT2D eigenvalue weighted by Gasteiger charge is -2.27. The Morgan fingerprint density at radius 1 is 0.957 bits per heavy atom. The van der Waals surface area contributed by atoms with Gasteiger partial charge in [0, 0.05) is 5.25 Å². The fraction of sp³-hybridized carbons (Fsp3) is 1.00. The van der Waals surface area contributed by atoms with Gasteiger partial charge in [-0.2, -0.15) is 0 Å². The highest BCUT2D eigenvalue weighted by Crippen LogP contribution is 2.37. The number of hydrogen-bond acceptors (Lipinski definition) is 1. The highest BCUT2D eigenvalue weighted by molar-refractivity contribution is 14.2. The maximum Gasteiger partial charge on any atom is 0.0176 e. The van der Waals surface area contributed by atoms with Crippen LogP contribution in [-0.4, -0.2) is 5.25 Å². The third-order valence-electron chi connectivity index (χ3n) is 5.95. The van der Waals surface area contributed by atoms with E-state index in [1.807, 2.05) is 0 Å². The van der Waals surface area contributed by atoms with Crippen molar-refractivity contribution in [3.05, 3.63) is 0 Å². The van der Waals surface area contributed by atoms with Crippen molar-refractivity contribution in [3.8, 4) is 0 Å². The predicted molar refractivity (Wildman–Crippen MR) is 118 cm³/mol. The average molecular weight is 453 g/mol. The quantitative estimate of drug-likeness (QED) is 0.348. The molecule has 0 nitrogen and oxygen atoms in total. The monoisotopic (exact) mass is 452 g/mol. The fourth-order valence-electron chi connectivity index (χ4n) is 4.07. The number of halogens is 1. The highest BCUT2D eigenvalue weighted by Gasteiger charge is 2.22. The normalized spacial score (nSPS) is 27.7. The number of unbranched alkanes of at least 4 members (excludes halogenated alkanes) is 1. The van der Waals surface area contributed by atoms with Gasteiger partial charge in [0.05, 0.1) is 0 Å². The minimum absolute atomic E-state index is 0.885. The molecule has 0 aliphatic heterocycles. The first-order chi connectivity index (χ1) is 11.2. The zero-order valence-corrected chi connectivity index (χ0v) is 19.0. The van der Waals surface area contributed by atoms with Gasteiger partial charge >= 0.3 is 0 Å². The SMILES string of the molecule is CCCC[C@H](C)[C@@H](CC1CCCCCCCCC(C)CC1)SI. The summed E-state index contributed by atoms with van der Waals surface area (Å²) >= 11 is 2.58. The van der Waals surface area contributed by atoms with E-state index in [0.717, 1.165) is 23.0 Å². The van der Waals surface area contributed by atoms with E-state index < -0.39 is 0 Å². The maximum atomic E-state index is 2.58. The molecule has 1 rings (SSSR count). The Hall–Kier alpha value is 1.08. The Morgan fingerprint density at radius 2 is 1.61 bits per heavy atom. The summed E-state index contributed by atoms with van der Waals surface area (Å²) in [6.07, 6.45) is 20.5. The molecule has 0 bridgehead atoms. The Kier molecular flexibility index (Phi) is 13.7. The summed E-state index contributed by atoms with van der Waals surface area (Å²) in [5, 5.41) is 0.885. The van der Waals surface area contributed by atoms with Gasteiger partial charge in [-0.1, -0.05) is 107 Å². The molecule has 0 N–H and O–H groups in total. The molecule has 0 saturated heterocycles. The molecule has 0 radical (unpaired) electrons. The smallest absolute Gasteiger partial charge is 0.0176 e. The molecule has 1 aliphatic carbocycles. The molecular weight excluding hydrogens is 411 g/mol. The summed E-state index contributed by atoms with van der Waals surface area (Å²) in [7, 11) is 2.12. The molecule has 0 heterocycles. The van der Waals surface area contributed by atoms with Gasteiger partial charge in [0.15, 0.2) is 0 Å². The summed E-state index contributed by atoms with van der Waals surface area (Å²) in [5.74, 6) is 2.85. The molecule has 23 heavy (non-hydrogen) atoms. The van der Waals surface area contributed by atoms with Crippen molar-refractivity contribution in [1.82, 2.24) is 0 Å². The first-order valence-electron chi connectivity index (χ1n) is 10.4. The molecule has 1 saturated carbocycles. The van der Waals surface area contributed by atoms with Gasteiger partial charge in [-0.15, -0.1) is 0 Å². The molecule has 0 aromatic carbocycles. The van der Waals surface area contributed by atoms with Crippen LogP contribution < -0.4 is 0 Å². The second kappa shape index (κ2) is 14.3. The lowest BCUT2D eigenvalue weighted by molar-refractivity contribution is 0.316. The summed E-state index contributed by atoms with van der Waals surface area (Å²) in [6.45, 7) is 7.33. The van der Waals surface area contributed by atoms with Gasteiger partial charge in [0.2, 0.25) is 0 Å². The topological polar surface area (TPSA) is 0 Å². The Balaban J connectivity index is 2.49. The molecule has 2 heteroatoms. The first kappa shape index (κ1) is 22.1. The van der Waals surface area contributed by atoms with Crippen LogP contribution in [0.25, 0.3) is 0 Å².